The van der Waals surface area contributed by atoms with Crippen molar-refractivity contribution in [2.24, 2.45) is 0 Å². The molecule has 1 aliphatic rings. The molecule has 2 aromatic rings. The molecule has 1 N–H and O–H groups in total. The van der Waals surface area contributed by atoms with Gasteiger partial charge in [0.25, 0.3) is 5.91 Å². The minimum atomic E-state index is -1.00. The summed E-state index contributed by atoms with van der Waals surface area (Å²) in [7, 11) is 0. The Morgan fingerprint density at radius 3 is 2.86 bits per heavy atom. The van der Waals surface area contributed by atoms with Crippen LogP contribution in [-0.4, -0.2) is 49.1 Å². The fourth-order valence-corrected chi connectivity index (χ4v) is 2.86. The maximum atomic E-state index is 12.7. The Hall–Kier alpha value is -2.44. The minimum Gasteiger partial charge on any atom is -0.480 e. The van der Waals surface area contributed by atoms with E-state index in [2.05, 4.69) is 10.1 Å². The fourth-order valence-electron chi connectivity index (χ4n) is 2.86. The second-order valence-corrected chi connectivity index (χ2v) is 5.21. The Morgan fingerprint density at radius 2 is 2.14 bits per heavy atom. The maximum Gasteiger partial charge on any atom is 0.323 e. The summed E-state index contributed by atoms with van der Waals surface area (Å²) < 4.78 is 1.51. The molecule has 1 aliphatic carbocycles. The summed E-state index contributed by atoms with van der Waals surface area (Å²) in [5.74, 6) is -1.31. The van der Waals surface area contributed by atoms with Crippen molar-refractivity contribution >= 4 is 17.5 Å². The third-order valence-corrected chi connectivity index (χ3v) is 3.84. The van der Waals surface area contributed by atoms with Crippen molar-refractivity contribution in [1.82, 2.24) is 19.5 Å². The highest BCUT2D eigenvalue weighted by Crippen LogP contribution is 2.25. The number of hydrogen-bond donors (Lipinski definition) is 1. The number of fused-ring (bicyclic) bond motifs is 1. The largest absolute Gasteiger partial charge is 0.480 e. The number of carbonyl (C=O) groups excluding carboxylic acids is 1. The highest BCUT2D eigenvalue weighted by molar-refractivity contribution is 6.00. The molecular weight excluding hydrogens is 272 g/mol. The smallest absolute Gasteiger partial charge is 0.323 e. The maximum absolute atomic E-state index is 12.7. The van der Waals surface area contributed by atoms with E-state index in [9.17, 15) is 9.59 Å². The molecule has 1 amide bonds. The molecule has 0 bridgehead atoms. The van der Waals surface area contributed by atoms with Gasteiger partial charge in [0.1, 0.15) is 12.1 Å². The highest BCUT2D eigenvalue weighted by atomic mass is 16.4. The number of rotatable bonds is 4. The monoisotopic (exact) mass is 288 g/mol. The summed E-state index contributed by atoms with van der Waals surface area (Å²) in [6.07, 6.45) is 8.51. The van der Waals surface area contributed by atoms with Crippen molar-refractivity contribution in [1.29, 1.82) is 0 Å². The molecule has 2 heterocycles. The molecule has 0 aromatic carbocycles. The van der Waals surface area contributed by atoms with Gasteiger partial charge in [-0.05, 0) is 18.9 Å². The summed E-state index contributed by atoms with van der Waals surface area (Å²) in [6, 6.07) is 1.72. The molecular formula is C14H16N4O3. The van der Waals surface area contributed by atoms with E-state index in [4.69, 9.17) is 5.11 Å². The van der Waals surface area contributed by atoms with E-state index in [0.29, 0.717) is 11.2 Å². The molecule has 0 spiro atoms. The quantitative estimate of drug-likeness (QED) is 0.913. The van der Waals surface area contributed by atoms with Crippen molar-refractivity contribution in [3.8, 4) is 0 Å². The number of nitrogens with zero attached hydrogens (tertiary/aromatic N) is 4. The molecule has 2 aromatic heterocycles. The number of carboxylic acid groups (broad SMARTS) is 1. The van der Waals surface area contributed by atoms with E-state index >= 15 is 0 Å². The van der Waals surface area contributed by atoms with Gasteiger partial charge in [-0.1, -0.05) is 12.8 Å². The Kier molecular flexibility index (Phi) is 3.55. The molecule has 0 saturated heterocycles. The van der Waals surface area contributed by atoms with E-state index in [1.165, 1.54) is 15.6 Å². The van der Waals surface area contributed by atoms with Gasteiger partial charge in [0, 0.05) is 18.4 Å². The van der Waals surface area contributed by atoms with Gasteiger partial charge in [-0.25, -0.2) is 9.50 Å². The van der Waals surface area contributed by atoms with Crippen LogP contribution in [-0.2, 0) is 4.79 Å². The van der Waals surface area contributed by atoms with Crippen LogP contribution >= 0.6 is 0 Å². The lowest BCUT2D eigenvalue weighted by Crippen LogP contribution is -2.42. The molecule has 0 aliphatic heterocycles. The average molecular weight is 288 g/mol. The van der Waals surface area contributed by atoms with Crippen LogP contribution in [0.15, 0.2) is 24.7 Å². The van der Waals surface area contributed by atoms with Gasteiger partial charge in [-0.2, -0.15) is 5.10 Å². The number of carboxylic acids is 1. The highest BCUT2D eigenvalue weighted by Gasteiger charge is 2.30. The number of carbonyl (C=O) groups is 2. The first kappa shape index (κ1) is 13.5. The van der Waals surface area contributed by atoms with Crippen LogP contribution in [0.1, 0.15) is 36.0 Å². The molecule has 0 radical (unpaired) electrons. The molecule has 1 saturated carbocycles. The van der Waals surface area contributed by atoms with Crippen LogP contribution in [0.5, 0.6) is 0 Å². The molecule has 0 unspecified atom stereocenters. The van der Waals surface area contributed by atoms with Crippen LogP contribution in [0.2, 0.25) is 0 Å². The number of hydrogen-bond acceptors (Lipinski definition) is 4. The normalized spacial score (nSPS) is 15.4. The molecule has 3 rings (SSSR count). The third kappa shape index (κ3) is 2.58. The molecule has 0 atom stereocenters. The second-order valence-electron chi connectivity index (χ2n) is 5.21. The van der Waals surface area contributed by atoms with Crippen LogP contribution in [0.3, 0.4) is 0 Å². The van der Waals surface area contributed by atoms with Crippen molar-refractivity contribution < 1.29 is 14.7 Å². The predicted octanol–water partition coefficient (Wildman–Crippen LogP) is 1.20. The molecule has 110 valence electrons. The molecule has 7 nitrogen and oxygen atoms in total. The van der Waals surface area contributed by atoms with Gasteiger partial charge in [0.15, 0.2) is 5.65 Å². The van der Waals surface area contributed by atoms with Gasteiger partial charge in [-0.15, -0.1) is 0 Å². The zero-order chi connectivity index (χ0) is 14.8. The lowest BCUT2D eigenvalue weighted by atomic mass is 10.1. The minimum absolute atomic E-state index is 0.00716. The Morgan fingerprint density at radius 1 is 1.38 bits per heavy atom. The predicted molar refractivity (Wildman–Crippen MR) is 73.9 cm³/mol. The van der Waals surface area contributed by atoms with Crippen LogP contribution in [0.25, 0.3) is 5.65 Å². The van der Waals surface area contributed by atoms with Crippen molar-refractivity contribution in [2.75, 3.05) is 6.54 Å². The summed E-state index contributed by atoms with van der Waals surface area (Å²) in [5.41, 5.74) is 0.805. The van der Waals surface area contributed by atoms with Crippen LogP contribution < -0.4 is 0 Å². The van der Waals surface area contributed by atoms with E-state index < -0.39 is 5.97 Å². The summed E-state index contributed by atoms with van der Waals surface area (Å²) in [4.78, 5) is 29.4. The van der Waals surface area contributed by atoms with Crippen LogP contribution in [0.4, 0.5) is 0 Å². The fraction of sp³-hybridized carbons (Fsp3) is 0.429. The Labute approximate surface area is 121 Å². The second kappa shape index (κ2) is 5.51. The third-order valence-electron chi connectivity index (χ3n) is 3.84. The van der Waals surface area contributed by atoms with E-state index in [1.54, 1.807) is 18.5 Å². The average Bonchev–Trinajstić information content (AvgIpc) is 3.13. The number of aliphatic carboxylic acids is 1. The zero-order valence-corrected chi connectivity index (χ0v) is 11.5. The van der Waals surface area contributed by atoms with Gasteiger partial charge in [-0.3, -0.25) is 9.59 Å². The van der Waals surface area contributed by atoms with Crippen LogP contribution in [0, 0.1) is 0 Å². The standard InChI is InChI=1S/C14H16N4O3/c19-12(20)9-17(10-4-1-2-5-10)14(21)11-8-16-18-7-3-6-15-13(11)18/h3,6-8,10H,1-2,4-5,9H2,(H,19,20). The SMILES string of the molecule is O=C(O)CN(C(=O)c1cnn2cccnc12)C1CCCC1. The van der Waals surface area contributed by atoms with E-state index in [0.717, 1.165) is 25.7 Å². The first-order chi connectivity index (χ1) is 10.2. The van der Waals surface area contributed by atoms with Crippen molar-refractivity contribution in [2.45, 2.75) is 31.7 Å². The van der Waals surface area contributed by atoms with E-state index in [1.807, 2.05) is 0 Å². The summed E-state index contributed by atoms with van der Waals surface area (Å²) >= 11 is 0. The first-order valence-electron chi connectivity index (χ1n) is 6.98. The van der Waals surface area contributed by atoms with E-state index in [-0.39, 0.29) is 18.5 Å². The lowest BCUT2D eigenvalue weighted by molar-refractivity contribution is -0.138. The van der Waals surface area contributed by atoms with Gasteiger partial charge in [0.05, 0.1) is 6.20 Å². The Bertz CT molecular complexity index is 676. The summed E-state index contributed by atoms with van der Waals surface area (Å²) in [5, 5.41) is 13.2. The van der Waals surface area contributed by atoms with Crippen molar-refractivity contribution in [3.63, 3.8) is 0 Å². The van der Waals surface area contributed by atoms with Gasteiger partial charge >= 0.3 is 5.97 Å². The number of aromatic nitrogens is 3. The molecule has 7 heteroatoms. The van der Waals surface area contributed by atoms with Gasteiger partial charge < -0.3 is 10.0 Å². The Balaban J connectivity index is 1.94. The summed E-state index contributed by atoms with van der Waals surface area (Å²) in [6.45, 7) is -0.284. The van der Waals surface area contributed by atoms with Gasteiger partial charge in [0.2, 0.25) is 0 Å². The lowest BCUT2D eigenvalue weighted by Gasteiger charge is -2.26. The molecule has 21 heavy (non-hydrogen) atoms. The van der Waals surface area contributed by atoms with Crippen molar-refractivity contribution in [3.05, 3.63) is 30.2 Å². The number of amides is 1. The zero-order valence-electron chi connectivity index (χ0n) is 11.5. The first-order valence-corrected chi connectivity index (χ1v) is 6.98. The topological polar surface area (TPSA) is 87.8 Å². The molecule has 1 fully saturated rings.